The summed E-state index contributed by atoms with van der Waals surface area (Å²) in [6, 6.07) is 0.0741. The summed E-state index contributed by atoms with van der Waals surface area (Å²) >= 11 is 0. The Balaban J connectivity index is 3.93. The fourth-order valence-corrected chi connectivity index (χ4v) is 0.994. The van der Waals surface area contributed by atoms with Crippen molar-refractivity contribution in [2.24, 2.45) is 0 Å². The molecule has 1 atom stereocenters. The second kappa shape index (κ2) is 4.88. The van der Waals surface area contributed by atoms with E-state index in [4.69, 9.17) is 0 Å². The molecular weight excluding hydrogens is 142 g/mol. The molecule has 0 aromatic carbocycles. The zero-order valence-corrected chi connectivity index (χ0v) is 7.33. The van der Waals surface area contributed by atoms with Crippen molar-refractivity contribution >= 4 is 12.2 Å². The summed E-state index contributed by atoms with van der Waals surface area (Å²) in [4.78, 5) is 22.5. The topological polar surface area (TPSA) is 37.4 Å². The van der Waals surface area contributed by atoms with Crippen molar-refractivity contribution in [3.05, 3.63) is 0 Å². The fraction of sp³-hybridized carbons (Fsp3) is 0.750. The Kier molecular flexibility index (Phi) is 4.50. The number of amides is 1. The summed E-state index contributed by atoms with van der Waals surface area (Å²) in [7, 11) is 1.70. The Morgan fingerprint density at radius 1 is 1.64 bits per heavy atom. The molecule has 64 valence electrons. The van der Waals surface area contributed by atoms with E-state index in [1.165, 1.54) is 0 Å². The van der Waals surface area contributed by atoms with Crippen molar-refractivity contribution in [2.45, 2.75) is 32.7 Å². The SMILES string of the molecule is CCC(CC(C)=O)N(C)C=O. The van der Waals surface area contributed by atoms with Gasteiger partial charge in [0.1, 0.15) is 5.78 Å². The molecule has 0 aromatic rings. The van der Waals surface area contributed by atoms with E-state index in [2.05, 4.69) is 0 Å². The highest BCUT2D eigenvalue weighted by Crippen LogP contribution is 2.04. The summed E-state index contributed by atoms with van der Waals surface area (Å²) in [6.07, 6.45) is 2.05. The van der Waals surface area contributed by atoms with E-state index in [1.807, 2.05) is 6.92 Å². The predicted octanol–water partition coefficient (Wildman–Crippen LogP) is 0.832. The van der Waals surface area contributed by atoms with Crippen LogP contribution in [0.3, 0.4) is 0 Å². The molecule has 3 heteroatoms. The molecule has 0 aliphatic rings. The van der Waals surface area contributed by atoms with Gasteiger partial charge in [-0.25, -0.2) is 0 Å². The monoisotopic (exact) mass is 157 g/mol. The minimum Gasteiger partial charge on any atom is -0.345 e. The van der Waals surface area contributed by atoms with Crippen LogP contribution in [0.4, 0.5) is 0 Å². The van der Waals surface area contributed by atoms with Crippen LogP contribution in [0.5, 0.6) is 0 Å². The van der Waals surface area contributed by atoms with Gasteiger partial charge in [0, 0.05) is 19.5 Å². The molecule has 0 aromatic heterocycles. The largest absolute Gasteiger partial charge is 0.345 e. The minimum atomic E-state index is 0.0741. The van der Waals surface area contributed by atoms with Crippen LogP contribution in [0, 0.1) is 0 Å². The van der Waals surface area contributed by atoms with Crippen molar-refractivity contribution in [3.8, 4) is 0 Å². The van der Waals surface area contributed by atoms with Gasteiger partial charge >= 0.3 is 0 Å². The number of nitrogens with zero attached hydrogens (tertiary/aromatic N) is 1. The third-order valence-electron chi connectivity index (χ3n) is 1.74. The molecule has 0 radical (unpaired) electrons. The second-order valence-electron chi connectivity index (χ2n) is 2.74. The molecule has 0 aliphatic heterocycles. The molecule has 0 N–H and O–H groups in total. The molecule has 0 heterocycles. The standard InChI is InChI=1S/C8H15NO2/c1-4-8(5-7(2)11)9(3)6-10/h6,8H,4-5H2,1-3H3. The number of hydrogen-bond donors (Lipinski definition) is 0. The molecule has 0 bridgehead atoms. The minimum absolute atomic E-state index is 0.0741. The average Bonchev–Trinajstić information content (AvgIpc) is 1.98. The summed E-state index contributed by atoms with van der Waals surface area (Å²) in [6.45, 7) is 3.51. The number of ketones is 1. The second-order valence-corrected chi connectivity index (χ2v) is 2.74. The van der Waals surface area contributed by atoms with Crippen LogP contribution in [0.1, 0.15) is 26.7 Å². The molecule has 0 saturated heterocycles. The van der Waals surface area contributed by atoms with Gasteiger partial charge in [-0.3, -0.25) is 9.59 Å². The normalized spacial score (nSPS) is 12.3. The number of carbonyl (C=O) groups is 2. The van der Waals surface area contributed by atoms with E-state index in [0.29, 0.717) is 6.42 Å². The van der Waals surface area contributed by atoms with Crippen LogP contribution < -0.4 is 0 Å². The van der Waals surface area contributed by atoms with Crippen molar-refractivity contribution in [1.29, 1.82) is 0 Å². The Morgan fingerprint density at radius 3 is 2.45 bits per heavy atom. The first kappa shape index (κ1) is 10.1. The maximum absolute atomic E-state index is 10.7. The van der Waals surface area contributed by atoms with Gasteiger partial charge in [0.25, 0.3) is 0 Å². The molecule has 1 amide bonds. The van der Waals surface area contributed by atoms with Crippen LogP contribution in [0.15, 0.2) is 0 Å². The molecule has 11 heavy (non-hydrogen) atoms. The van der Waals surface area contributed by atoms with E-state index in [0.717, 1.165) is 12.8 Å². The van der Waals surface area contributed by atoms with Crippen LogP contribution in [-0.2, 0) is 9.59 Å². The summed E-state index contributed by atoms with van der Waals surface area (Å²) < 4.78 is 0. The lowest BCUT2D eigenvalue weighted by Gasteiger charge is -2.21. The Hall–Kier alpha value is -0.860. The lowest BCUT2D eigenvalue weighted by molar-refractivity contribution is -0.121. The summed E-state index contributed by atoms with van der Waals surface area (Å²) in [5, 5.41) is 0. The molecule has 0 spiro atoms. The highest BCUT2D eigenvalue weighted by molar-refractivity contribution is 5.76. The average molecular weight is 157 g/mol. The highest BCUT2D eigenvalue weighted by atomic mass is 16.1. The van der Waals surface area contributed by atoms with Crippen LogP contribution in [-0.4, -0.2) is 30.2 Å². The van der Waals surface area contributed by atoms with Crippen LogP contribution in [0.25, 0.3) is 0 Å². The molecule has 0 rings (SSSR count). The highest BCUT2D eigenvalue weighted by Gasteiger charge is 2.12. The zero-order chi connectivity index (χ0) is 8.85. The molecule has 0 fully saturated rings. The van der Waals surface area contributed by atoms with E-state index in [1.54, 1.807) is 18.9 Å². The van der Waals surface area contributed by atoms with Crippen molar-refractivity contribution in [1.82, 2.24) is 4.90 Å². The molecular formula is C8H15NO2. The fourth-order valence-electron chi connectivity index (χ4n) is 0.994. The number of Topliss-reactive ketones (excluding diaryl/α,β-unsaturated/α-hetero) is 1. The van der Waals surface area contributed by atoms with Gasteiger partial charge in [-0.15, -0.1) is 0 Å². The molecule has 0 aliphatic carbocycles. The van der Waals surface area contributed by atoms with E-state index < -0.39 is 0 Å². The van der Waals surface area contributed by atoms with Crippen molar-refractivity contribution in [3.63, 3.8) is 0 Å². The summed E-state index contributed by atoms with van der Waals surface area (Å²) in [5.74, 6) is 0.130. The first-order valence-corrected chi connectivity index (χ1v) is 3.78. The van der Waals surface area contributed by atoms with Gasteiger partial charge in [-0.2, -0.15) is 0 Å². The Bertz CT molecular complexity index is 145. The molecule has 1 unspecified atom stereocenters. The van der Waals surface area contributed by atoms with Gasteiger partial charge in [0.15, 0.2) is 0 Å². The smallest absolute Gasteiger partial charge is 0.209 e. The van der Waals surface area contributed by atoms with Gasteiger partial charge in [-0.05, 0) is 13.3 Å². The first-order valence-electron chi connectivity index (χ1n) is 3.78. The lowest BCUT2D eigenvalue weighted by Crippen LogP contribution is -2.31. The van der Waals surface area contributed by atoms with Crippen LogP contribution in [0.2, 0.25) is 0 Å². The van der Waals surface area contributed by atoms with Crippen molar-refractivity contribution in [2.75, 3.05) is 7.05 Å². The van der Waals surface area contributed by atoms with Crippen LogP contribution >= 0.6 is 0 Å². The van der Waals surface area contributed by atoms with E-state index >= 15 is 0 Å². The maximum atomic E-state index is 10.7. The number of hydrogen-bond acceptors (Lipinski definition) is 2. The summed E-state index contributed by atoms with van der Waals surface area (Å²) in [5.41, 5.74) is 0. The first-order chi connectivity index (χ1) is 5.11. The van der Waals surface area contributed by atoms with E-state index in [9.17, 15) is 9.59 Å². The van der Waals surface area contributed by atoms with Gasteiger partial charge < -0.3 is 4.90 Å². The quantitative estimate of drug-likeness (QED) is 0.554. The van der Waals surface area contributed by atoms with Gasteiger partial charge in [0.2, 0.25) is 6.41 Å². The Labute approximate surface area is 67.4 Å². The third kappa shape index (κ3) is 3.75. The predicted molar refractivity (Wildman–Crippen MR) is 43.2 cm³/mol. The number of carbonyl (C=O) groups excluding carboxylic acids is 2. The van der Waals surface area contributed by atoms with Gasteiger partial charge in [0.05, 0.1) is 0 Å². The Morgan fingerprint density at radius 2 is 2.18 bits per heavy atom. The number of rotatable bonds is 5. The maximum Gasteiger partial charge on any atom is 0.209 e. The van der Waals surface area contributed by atoms with Crippen molar-refractivity contribution < 1.29 is 9.59 Å². The van der Waals surface area contributed by atoms with E-state index in [-0.39, 0.29) is 11.8 Å². The lowest BCUT2D eigenvalue weighted by atomic mass is 10.1. The molecule has 0 saturated carbocycles. The zero-order valence-electron chi connectivity index (χ0n) is 7.33. The molecule has 3 nitrogen and oxygen atoms in total. The van der Waals surface area contributed by atoms with Gasteiger partial charge in [-0.1, -0.05) is 6.92 Å². The third-order valence-corrected chi connectivity index (χ3v) is 1.74.